The first kappa shape index (κ1) is 18.7. The molecule has 0 aliphatic carbocycles. The summed E-state index contributed by atoms with van der Waals surface area (Å²) in [5.74, 6) is 0. The molecule has 0 saturated heterocycles. The van der Waals surface area contributed by atoms with Crippen molar-refractivity contribution in [3.8, 4) is 0 Å². The molecule has 0 atom stereocenters. The number of aromatic nitrogens is 1. The van der Waals surface area contributed by atoms with Crippen LogP contribution in [0.1, 0.15) is 10.6 Å². The number of aliphatic hydroxyl groups is 1. The molecule has 0 radical (unpaired) electrons. The van der Waals surface area contributed by atoms with E-state index in [1.807, 2.05) is 0 Å². The lowest BCUT2D eigenvalue weighted by atomic mass is 10.2. The van der Waals surface area contributed by atoms with E-state index < -0.39 is 0 Å². The van der Waals surface area contributed by atoms with Gasteiger partial charge in [0.1, 0.15) is 11.7 Å². The maximum absolute atomic E-state index is 9.49. The highest BCUT2D eigenvalue weighted by Crippen LogP contribution is 2.47. The summed E-state index contributed by atoms with van der Waals surface area (Å²) in [4.78, 5) is 3.47. The maximum atomic E-state index is 9.49. The third kappa shape index (κ3) is 3.45. The number of thiazole rings is 1. The predicted octanol–water partition coefficient (Wildman–Crippen LogP) is 0.941. The minimum atomic E-state index is 0. The van der Waals surface area contributed by atoms with Crippen molar-refractivity contribution in [2.75, 3.05) is 18.1 Å². The molecule has 1 aliphatic rings. The van der Waals surface area contributed by atoms with Crippen LogP contribution in [-0.4, -0.2) is 18.3 Å². The van der Waals surface area contributed by atoms with Gasteiger partial charge in [-0.3, -0.25) is 0 Å². The van der Waals surface area contributed by atoms with Crippen molar-refractivity contribution in [3.63, 3.8) is 0 Å². The molecule has 0 saturated carbocycles. The monoisotopic (exact) mass is 482 g/mol. The Balaban J connectivity index is 0.00000182. The van der Waals surface area contributed by atoms with E-state index >= 15 is 0 Å². The normalized spacial score (nSPS) is 14.8. The van der Waals surface area contributed by atoms with Gasteiger partial charge in [0.2, 0.25) is 5.52 Å². The van der Waals surface area contributed by atoms with Crippen LogP contribution in [0.4, 0.5) is 5.69 Å². The van der Waals surface area contributed by atoms with Crippen molar-refractivity contribution < 1.29 is 33.7 Å². The number of hydrogen-bond donors (Lipinski definition) is 1. The third-order valence-electron chi connectivity index (χ3n) is 4.23. The Labute approximate surface area is 173 Å². The molecular weight excluding hydrogens is 463 g/mol. The summed E-state index contributed by atoms with van der Waals surface area (Å²) in [5.41, 5.74) is 3.69. The standard InChI is InChI=1S/C19H19N2OS2.HI/c1-13-7-8-17-15(11-13)21(9-10-22)19(24-17)12-18-20(2)14-5-3-4-6-16(14)23-18;/h3-8,11-12,22H,9-10H2,1-2H3;1H/q+1;/p-1. The van der Waals surface area contributed by atoms with E-state index in [1.165, 1.54) is 36.4 Å². The highest BCUT2D eigenvalue weighted by Gasteiger charge is 2.26. The summed E-state index contributed by atoms with van der Waals surface area (Å²) in [6.07, 6.45) is 2.24. The molecule has 0 amide bonds. The Hall–Kier alpha value is -1.09. The number of halogens is 1. The van der Waals surface area contributed by atoms with Gasteiger partial charge in [-0.05, 0) is 30.7 Å². The number of β-amino-alcohol motifs (C(OH)–C–C–N with tert-alkyl or cyclic N) is 1. The van der Waals surface area contributed by atoms with E-state index in [9.17, 15) is 5.11 Å². The summed E-state index contributed by atoms with van der Waals surface area (Å²) in [7, 11) is 2.11. The first-order valence-corrected chi connectivity index (χ1v) is 9.57. The van der Waals surface area contributed by atoms with Crippen LogP contribution in [0.3, 0.4) is 0 Å². The fraction of sp³-hybridized carbons (Fsp3) is 0.211. The lowest BCUT2D eigenvalue weighted by Crippen LogP contribution is -3.00. The van der Waals surface area contributed by atoms with Gasteiger partial charge in [-0.1, -0.05) is 41.3 Å². The summed E-state index contributed by atoms with van der Waals surface area (Å²) in [5, 5.41) is 11.9. The number of thioether (sulfide) groups is 1. The van der Waals surface area contributed by atoms with E-state index in [2.05, 4.69) is 72.0 Å². The molecule has 0 bridgehead atoms. The Morgan fingerprint density at radius 3 is 2.76 bits per heavy atom. The van der Waals surface area contributed by atoms with Gasteiger partial charge in [-0.25, -0.2) is 0 Å². The molecule has 25 heavy (non-hydrogen) atoms. The quantitative estimate of drug-likeness (QED) is 0.445. The Morgan fingerprint density at radius 1 is 1.20 bits per heavy atom. The average Bonchev–Trinajstić information content (AvgIpc) is 3.07. The summed E-state index contributed by atoms with van der Waals surface area (Å²) < 4.78 is 3.52. The average molecular weight is 482 g/mol. The van der Waals surface area contributed by atoms with Crippen LogP contribution in [0, 0.1) is 6.92 Å². The van der Waals surface area contributed by atoms with E-state index in [-0.39, 0.29) is 30.6 Å². The molecule has 4 rings (SSSR count). The van der Waals surface area contributed by atoms with Crippen LogP contribution in [-0.2, 0) is 7.05 Å². The Kier molecular flexibility index (Phi) is 5.72. The van der Waals surface area contributed by atoms with Crippen LogP contribution in [0.15, 0.2) is 52.4 Å². The molecule has 3 nitrogen and oxygen atoms in total. The number of aryl methyl sites for hydroxylation is 2. The van der Waals surface area contributed by atoms with Gasteiger partial charge < -0.3 is 34.0 Å². The molecule has 3 aromatic rings. The van der Waals surface area contributed by atoms with Crippen molar-refractivity contribution in [1.82, 2.24) is 0 Å². The van der Waals surface area contributed by atoms with Crippen molar-refractivity contribution in [2.45, 2.75) is 11.8 Å². The van der Waals surface area contributed by atoms with E-state index in [4.69, 9.17) is 0 Å². The van der Waals surface area contributed by atoms with E-state index in [0.717, 1.165) is 0 Å². The predicted molar refractivity (Wildman–Crippen MR) is 102 cm³/mol. The molecule has 6 heteroatoms. The number of para-hydroxylation sites is 1. The second-order valence-electron chi connectivity index (χ2n) is 5.90. The largest absolute Gasteiger partial charge is 1.00 e. The summed E-state index contributed by atoms with van der Waals surface area (Å²) in [6, 6.07) is 15.0. The molecule has 2 heterocycles. The van der Waals surface area contributed by atoms with Gasteiger partial charge >= 0.3 is 0 Å². The van der Waals surface area contributed by atoms with Gasteiger partial charge in [0.05, 0.1) is 23.4 Å². The van der Waals surface area contributed by atoms with Gasteiger partial charge in [-0.2, -0.15) is 4.57 Å². The van der Waals surface area contributed by atoms with Crippen molar-refractivity contribution in [1.29, 1.82) is 0 Å². The zero-order chi connectivity index (χ0) is 16.7. The maximum Gasteiger partial charge on any atom is 0.265 e. The molecule has 130 valence electrons. The molecule has 0 fully saturated rings. The smallest absolute Gasteiger partial charge is 0.265 e. The molecule has 1 aromatic heterocycles. The highest BCUT2D eigenvalue weighted by molar-refractivity contribution is 8.03. The summed E-state index contributed by atoms with van der Waals surface area (Å²) in [6.45, 7) is 2.86. The molecule has 0 spiro atoms. The Bertz CT molecular complexity index is 952. The minimum absolute atomic E-state index is 0. The van der Waals surface area contributed by atoms with Gasteiger partial charge in [0.15, 0.2) is 0 Å². The number of hydrogen-bond acceptors (Lipinski definition) is 4. The number of benzene rings is 2. The van der Waals surface area contributed by atoms with Crippen LogP contribution in [0.25, 0.3) is 16.3 Å². The number of nitrogens with zero attached hydrogens (tertiary/aromatic N) is 2. The number of rotatable bonds is 3. The summed E-state index contributed by atoms with van der Waals surface area (Å²) >= 11 is 3.57. The lowest BCUT2D eigenvalue weighted by molar-refractivity contribution is -0.642. The van der Waals surface area contributed by atoms with E-state index in [0.29, 0.717) is 6.54 Å². The Morgan fingerprint density at radius 2 is 2.00 bits per heavy atom. The molecule has 1 aliphatic heterocycles. The third-order valence-corrected chi connectivity index (χ3v) is 6.51. The molecular formula is C19H19IN2OS2. The fourth-order valence-electron chi connectivity index (χ4n) is 3.00. The highest BCUT2D eigenvalue weighted by atomic mass is 127. The van der Waals surface area contributed by atoms with Crippen molar-refractivity contribution >= 4 is 45.1 Å². The number of fused-ring (bicyclic) bond motifs is 2. The second-order valence-corrected chi connectivity index (χ2v) is 8.02. The fourth-order valence-corrected chi connectivity index (χ4v) is 5.27. The van der Waals surface area contributed by atoms with Gasteiger partial charge in [0, 0.05) is 17.5 Å². The first-order valence-electron chi connectivity index (χ1n) is 7.93. The molecule has 1 N–H and O–H groups in total. The zero-order valence-electron chi connectivity index (χ0n) is 14.1. The van der Waals surface area contributed by atoms with Crippen molar-refractivity contribution in [3.05, 3.63) is 58.1 Å². The van der Waals surface area contributed by atoms with E-state index in [1.54, 1.807) is 23.1 Å². The zero-order valence-corrected chi connectivity index (χ0v) is 17.9. The van der Waals surface area contributed by atoms with Gasteiger partial charge in [0.25, 0.3) is 5.01 Å². The second kappa shape index (κ2) is 7.65. The van der Waals surface area contributed by atoms with Gasteiger partial charge in [-0.15, -0.1) is 0 Å². The minimum Gasteiger partial charge on any atom is -1.00 e. The topological polar surface area (TPSA) is 27.3 Å². The molecule has 2 aromatic carbocycles. The SMILES string of the molecule is Cc1ccc2c(c1)N(CCO)/C(=C/c1sc3ccccc3[n+]1C)S2.[I-]. The van der Waals surface area contributed by atoms with Crippen molar-refractivity contribution in [2.24, 2.45) is 7.05 Å². The van der Waals surface area contributed by atoms with Crippen LogP contribution >= 0.6 is 23.1 Å². The van der Waals surface area contributed by atoms with Crippen LogP contribution in [0.5, 0.6) is 0 Å². The molecule has 0 unspecified atom stereocenters. The van der Waals surface area contributed by atoms with Crippen LogP contribution in [0.2, 0.25) is 0 Å². The first-order chi connectivity index (χ1) is 11.7. The number of aliphatic hydroxyl groups excluding tert-OH is 1. The lowest BCUT2D eigenvalue weighted by Gasteiger charge is -2.18. The van der Waals surface area contributed by atoms with Crippen LogP contribution < -0.4 is 33.4 Å². The number of anilines is 1.